The van der Waals surface area contributed by atoms with Crippen LogP contribution in [0, 0.1) is 17.8 Å². The molecule has 0 bridgehead atoms. The molecule has 0 saturated carbocycles. The average Bonchev–Trinajstić information content (AvgIpc) is 2.70. The van der Waals surface area contributed by atoms with Gasteiger partial charge < -0.3 is 10.1 Å². The van der Waals surface area contributed by atoms with Crippen molar-refractivity contribution in [3.8, 4) is 0 Å². The number of cyclic esters (lactones) is 1. The van der Waals surface area contributed by atoms with Crippen molar-refractivity contribution in [2.24, 2.45) is 17.8 Å². The summed E-state index contributed by atoms with van der Waals surface area (Å²) in [7, 11) is 0. The van der Waals surface area contributed by atoms with Crippen LogP contribution >= 0.6 is 0 Å². The third kappa shape index (κ3) is 2.07. The van der Waals surface area contributed by atoms with Crippen molar-refractivity contribution in [1.29, 1.82) is 0 Å². The first-order valence-corrected chi connectivity index (χ1v) is 7.28. The van der Waals surface area contributed by atoms with Crippen LogP contribution in [0.15, 0.2) is 11.1 Å². The minimum atomic E-state index is -0.110. The van der Waals surface area contributed by atoms with E-state index in [0.717, 1.165) is 37.8 Å². The molecule has 0 aromatic rings. The fourth-order valence-electron chi connectivity index (χ4n) is 3.76. The van der Waals surface area contributed by atoms with Crippen LogP contribution in [0.1, 0.15) is 39.5 Å². The zero-order chi connectivity index (χ0) is 13.6. The summed E-state index contributed by atoms with van der Waals surface area (Å²) in [5.74, 6) is 0.424. The molecule has 4 unspecified atom stereocenters. The molecule has 3 rings (SSSR count). The van der Waals surface area contributed by atoms with E-state index in [1.54, 1.807) is 0 Å². The zero-order valence-corrected chi connectivity index (χ0v) is 11.6. The smallest absolute Gasteiger partial charge is 0.309 e. The Kier molecular flexibility index (Phi) is 3.11. The van der Waals surface area contributed by atoms with Gasteiger partial charge in [-0.1, -0.05) is 19.4 Å². The van der Waals surface area contributed by atoms with E-state index in [-0.39, 0.29) is 29.8 Å². The van der Waals surface area contributed by atoms with E-state index in [1.807, 2.05) is 6.92 Å². The third-order valence-corrected chi connectivity index (χ3v) is 4.84. The van der Waals surface area contributed by atoms with Gasteiger partial charge in [-0.2, -0.15) is 0 Å². The molecule has 3 aliphatic rings. The lowest BCUT2D eigenvalue weighted by Gasteiger charge is -2.38. The Hall–Kier alpha value is -1.32. The molecule has 1 amide bonds. The summed E-state index contributed by atoms with van der Waals surface area (Å²) in [5.41, 5.74) is 2.22. The van der Waals surface area contributed by atoms with Gasteiger partial charge in [0.2, 0.25) is 5.91 Å². The lowest BCUT2D eigenvalue weighted by atomic mass is 9.70. The lowest BCUT2D eigenvalue weighted by Crippen LogP contribution is -2.42. The fraction of sp³-hybridized carbons (Fsp3) is 0.733. The predicted octanol–water partition coefficient (Wildman–Crippen LogP) is 1.80. The van der Waals surface area contributed by atoms with Crippen molar-refractivity contribution in [3.63, 3.8) is 0 Å². The van der Waals surface area contributed by atoms with Gasteiger partial charge >= 0.3 is 5.97 Å². The number of nitrogens with one attached hydrogen (secondary N) is 1. The number of carbonyl (C=O) groups is 2. The zero-order valence-electron chi connectivity index (χ0n) is 11.6. The number of carbonyl (C=O) groups excluding carboxylic acids is 2. The SMILES string of the molecule is CC1CC(C2C3=C(CCNC3=O)CCC2C)OC1=O. The molecule has 1 aliphatic carbocycles. The molecule has 0 aromatic carbocycles. The summed E-state index contributed by atoms with van der Waals surface area (Å²) in [4.78, 5) is 23.8. The van der Waals surface area contributed by atoms with Gasteiger partial charge in [-0.3, -0.25) is 9.59 Å². The Morgan fingerprint density at radius 1 is 1.21 bits per heavy atom. The third-order valence-electron chi connectivity index (χ3n) is 4.84. The van der Waals surface area contributed by atoms with Crippen molar-refractivity contribution < 1.29 is 14.3 Å². The van der Waals surface area contributed by atoms with Crippen LogP contribution in [0.5, 0.6) is 0 Å². The summed E-state index contributed by atoms with van der Waals surface area (Å²) in [6.45, 7) is 4.83. The Morgan fingerprint density at radius 2 is 2.00 bits per heavy atom. The van der Waals surface area contributed by atoms with Crippen LogP contribution < -0.4 is 5.32 Å². The van der Waals surface area contributed by atoms with Crippen LogP contribution in [0.2, 0.25) is 0 Å². The maximum absolute atomic E-state index is 12.2. The summed E-state index contributed by atoms with van der Waals surface area (Å²) in [6.07, 6.45) is 3.72. The van der Waals surface area contributed by atoms with Gasteiger partial charge in [0, 0.05) is 18.0 Å². The molecule has 19 heavy (non-hydrogen) atoms. The molecule has 1 N–H and O–H groups in total. The van der Waals surface area contributed by atoms with Crippen molar-refractivity contribution in [3.05, 3.63) is 11.1 Å². The monoisotopic (exact) mass is 263 g/mol. The second-order valence-corrected chi connectivity index (χ2v) is 6.18. The molecule has 0 radical (unpaired) electrons. The van der Waals surface area contributed by atoms with Crippen molar-refractivity contribution in [2.45, 2.75) is 45.6 Å². The topological polar surface area (TPSA) is 55.4 Å². The molecule has 1 fully saturated rings. The summed E-state index contributed by atoms with van der Waals surface area (Å²) in [6, 6.07) is 0. The van der Waals surface area contributed by atoms with Crippen LogP contribution in [0.25, 0.3) is 0 Å². The van der Waals surface area contributed by atoms with Gasteiger partial charge in [-0.15, -0.1) is 0 Å². The minimum absolute atomic E-state index is 0.0326. The Labute approximate surface area is 113 Å². The highest BCUT2D eigenvalue weighted by Crippen LogP contribution is 2.43. The molecule has 2 heterocycles. The minimum Gasteiger partial charge on any atom is -0.461 e. The molecule has 104 valence electrons. The van der Waals surface area contributed by atoms with Gasteiger partial charge in [-0.05, 0) is 31.6 Å². The number of amides is 1. The Balaban J connectivity index is 1.93. The highest BCUT2D eigenvalue weighted by molar-refractivity contribution is 5.96. The number of ether oxygens (including phenoxy) is 1. The second kappa shape index (κ2) is 4.66. The summed E-state index contributed by atoms with van der Waals surface area (Å²) >= 11 is 0. The number of hydrogen-bond acceptors (Lipinski definition) is 3. The van der Waals surface area contributed by atoms with Gasteiger partial charge in [0.25, 0.3) is 0 Å². The standard InChI is InChI=1S/C15H21NO3/c1-8-3-4-10-5-6-16-14(17)13(10)12(8)11-7-9(2)15(18)19-11/h8-9,11-12H,3-7H2,1-2H3,(H,16,17). The van der Waals surface area contributed by atoms with E-state index in [2.05, 4.69) is 12.2 Å². The number of esters is 1. The van der Waals surface area contributed by atoms with E-state index in [0.29, 0.717) is 5.92 Å². The molecule has 4 nitrogen and oxygen atoms in total. The molecule has 4 atom stereocenters. The van der Waals surface area contributed by atoms with Crippen molar-refractivity contribution >= 4 is 11.9 Å². The maximum atomic E-state index is 12.2. The van der Waals surface area contributed by atoms with Crippen LogP contribution in [0.4, 0.5) is 0 Å². The van der Waals surface area contributed by atoms with Crippen LogP contribution in [0.3, 0.4) is 0 Å². The van der Waals surface area contributed by atoms with E-state index >= 15 is 0 Å². The molecule has 0 aromatic heterocycles. The lowest BCUT2D eigenvalue weighted by molar-refractivity contribution is -0.146. The largest absolute Gasteiger partial charge is 0.461 e. The van der Waals surface area contributed by atoms with E-state index in [1.165, 1.54) is 5.57 Å². The van der Waals surface area contributed by atoms with Gasteiger partial charge in [0.05, 0.1) is 5.92 Å². The summed E-state index contributed by atoms with van der Waals surface area (Å²) < 4.78 is 5.53. The van der Waals surface area contributed by atoms with Gasteiger partial charge in [0.15, 0.2) is 0 Å². The van der Waals surface area contributed by atoms with Crippen molar-refractivity contribution in [2.75, 3.05) is 6.54 Å². The van der Waals surface area contributed by atoms with Crippen molar-refractivity contribution in [1.82, 2.24) is 5.32 Å². The van der Waals surface area contributed by atoms with E-state index in [4.69, 9.17) is 4.74 Å². The molecule has 1 saturated heterocycles. The van der Waals surface area contributed by atoms with Gasteiger partial charge in [-0.25, -0.2) is 0 Å². The van der Waals surface area contributed by atoms with Gasteiger partial charge in [0.1, 0.15) is 6.10 Å². The van der Waals surface area contributed by atoms with Crippen LogP contribution in [-0.2, 0) is 14.3 Å². The average molecular weight is 263 g/mol. The molecular formula is C15H21NO3. The Bertz CT molecular complexity index is 454. The maximum Gasteiger partial charge on any atom is 0.309 e. The molecule has 4 heteroatoms. The van der Waals surface area contributed by atoms with Crippen LogP contribution in [-0.4, -0.2) is 24.5 Å². The highest BCUT2D eigenvalue weighted by atomic mass is 16.6. The second-order valence-electron chi connectivity index (χ2n) is 6.18. The van der Waals surface area contributed by atoms with E-state index in [9.17, 15) is 9.59 Å². The first-order valence-electron chi connectivity index (χ1n) is 7.28. The molecule has 2 aliphatic heterocycles. The number of rotatable bonds is 1. The van der Waals surface area contributed by atoms with E-state index < -0.39 is 0 Å². The summed E-state index contributed by atoms with van der Waals surface area (Å²) in [5, 5.41) is 2.94. The predicted molar refractivity (Wildman–Crippen MR) is 70.2 cm³/mol. The normalized spacial score (nSPS) is 38.8. The molecule has 0 spiro atoms. The number of hydrogen-bond donors (Lipinski definition) is 1. The highest BCUT2D eigenvalue weighted by Gasteiger charge is 2.44. The first-order chi connectivity index (χ1) is 9.08. The molecular weight excluding hydrogens is 242 g/mol. The first kappa shape index (κ1) is 12.7. The Morgan fingerprint density at radius 3 is 2.68 bits per heavy atom. The fourth-order valence-corrected chi connectivity index (χ4v) is 3.76. The quantitative estimate of drug-likeness (QED) is 0.734.